The van der Waals surface area contributed by atoms with Gasteiger partial charge in [-0.15, -0.1) is 11.3 Å². The van der Waals surface area contributed by atoms with Gasteiger partial charge in [-0.25, -0.2) is 19.9 Å². The molecule has 0 unspecified atom stereocenters. The summed E-state index contributed by atoms with van der Waals surface area (Å²) in [6.07, 6.45) is 0. The molecule has 50 heavy (non-hydrogen) atoms. The normalized spacial score (nSPS) is 11.6. The molecule has 0 fully saturated rings. The molecule has 10 rings (SSSR count). The highest BCUT2D eigenvalue weighted by molar-refractivity contribution is 7.25. The summed E-state index contributed by atoms with van der Waals surface area (Å²) in [5.74, 6) is 2.36. The number of benzene rings is 7. The molecule has 234 valence electrons. The predicted octanol–water partition coefficient (Wildman–Crippen LogP) is 11.9. The van der Waals surface area contributed by atoms with Crippen LogP contribution < -0.4 is 0 Å². The fraction of sp³-hybridized carbons (Fsp3) is 0. The van der Waals surface area contributed by atoms with Crippen molar-refractivity contribution in [3.8, 4) is 56.7 Å². The summed E-state index contributed by atoms with van der Waals surface area (Å²) < 4.78 is 8.99. The van der Waals surface area contributed by atoms with Gasteiger partial charge < -0.3 is 4.42 Å². The summed E-state index contributed by atoms with van der Waals surface area (Å²) in [7, 11) is 0. The van der Waals surface area contributed by atoms with E-state index >= 15 is 0 Å². The summed E-state index contributed by atoms with van der Waals surface area (Å²) in [6, 6.07) is 54.0. The van der Waals surface area contributed by atoms with Crippen LogP contribution in [0.2, 0.25) is 0 Å². The first-order chi connectivity index (χ1) is 24.8. The van der Waals surface area contributed by atoms with Crippen molar-refractivity contribution in [2.24, 2.45) is 0 Å². The first-order valence-corrected chi connectivity index (χ1v) is 17.3. The molecule has 0 aliphatic heterocycles. The van der Waals surface area contributed by atoms with Gasteiger partial charge in [0.1, 0.15) is 5.52 Å². The van der Waals surface area contributed by atoms with Crippen molar-refractivity contribution in [3.05, 3.63) is 158 Å². The molecule has 0 aliphatic rings. The van der Waals surface area contributed by atoms with Gasteiger partial charge in [0.15, 0.2) is 23.1 Å². The average Bonchev–Trinajstić information content (AvgIpc) is 3.80. The van der Waals surface area contributed by atoms with E-state index in [9.17, 15) is 0 Å². The fourth-order valence-corrected chi connectivity index (χ4v) is 7.95. The van der Waals surface area contributed by atoms with Crippen molar-refractivity contribution in [3.63, 3.8) is 0 Å². The van der Waals surface area contributed by atoms with Crippen LogP contribution >= 0.6 is 11.3 Å². The minimum atomic E-state index is 0.570. The van der Waals surface area contributed by atoms with E-state index in [0.717, 1.165) is 49.7 Å². The highest BCUT2D eigenvalue weighted by Gasteiger charge is 2.20. The molecule has 3 heterocycles. The summed E-state index contributed by atoms with van der Waals surface area (Å²) in [4.78, 5) is 20.5. The zero-order valence-corrected chi connectivity index (χ0v) is 27.4. The maximum Gasteiger partial charge on any atom is 0.227 e. The van der Waals surface area contributed by atoms with Crippen LogP contribution in [-0.2, 0) is 0 Å². The van der Waals surface area contributed by atoms with Gasteiger partial charge in [-0.05, 0) is 46.8 Å². The van der Waals surface area contributed by atoms with Crippen LogP contribution in [0.25, 0.3) is 98.8 Å². The molecule has 5 nitrogen and oxygen atoms in total. The molecule has 0 saturated heterocycles. The highest BCUT2D eigenvalue weighted by atomic mass is 32.1. The maximum absolute atomic E-state index is 6.53. The molecule has 0 bridgehead atoms. The number of aromatic nitrogens is 4. The predicted molar refractivity (Wildman–Crippen MR) is 205 cm³/mol. The molecule has 10 aromatic rings. The van der Waals surface area contributed by atoms with Crippen LogP contribution in [0.1, 0.15) is 0 Å². The molecule has 0 radical (unpaired) electrons. The van der Waals surface area contributed by atoms with Gasteiger partial charge >= 0.3 is 0 Å². The maximum atomic E-state index is 6.53. The molecule has 0 spiro atoms. The Labute approximate surface area is 291 Å². The minimum absolute atomic E-state index is 0.570. The summed E-state index contributed by atoms with van der Waals surface area (Å²) in [6.45, 7) is 0. The Kier molecular flexibility index (Phi) is 6.60. The minimum Gasteiger partial charge on any atom is -0.435 e. The lowest BCUT2D eigenvalue weighted by Crippen LogP contribution is -2.01. The number of nitrogens with zero attached hydrogens (tertiary/aromatic N) is 4. The fourth-order valence-electron chi connectivity index (χ4n) is 6.80. The van der Waals surface area contributed by atoms with Crippen LogP contribution in [0.3, 0.4) is 0 Å². The number of rotatable bonds is 5. The number of oxazole rings is 1. The van der Waals surface area contributed by atoms with Crippen LogP contribution in [0.4, 0.5) is 0 Å². The molecule has 0 N–H and O–H groups in total. The Balaban J connectivity index is 1.23. The van der Waals surface area contributed by atoms with Crippen molar-refractivity contribution in [1.82, 2.24) is 19.9 Å². The monoisotopic (exact) mass is 658 g/mol. The van der Waals surface area contributed by atoms with Gasteiger partial charge in [0.2, 0.25) is 5.89 Å². The summed E-state index contributed by atoms with van der Waals surface area (Å²) in [5, 5.41) is 4.42. The molecule has 7 aromatic carbocycles. The van der Waals surface area contributed by atoms with E-state index in [1.54, 1.807) is 11.3 Å². The van der Waals surface area contributed by atoms with Crippen LogP contribution in [0.15, 0.2) is 162 Å². The van der Waals surface area contributed by atoms with Gasteiger partial charge in [-0.2, -0.15) is 0 Å². The lowest BCUT2D eigenvalue weighted by Gasteiger charge is -2.13. The number of hydrogen-bond donors (Lipinski definition) is 0. The first-order valence-electron chi connectivity index (χ1n) is 16.5. The second kappa shape index (κ2) is 11.6. The van der Waals surface area contributed by atoms with Crippen LogP contribution in [0, 0.1) is 0 Å². The number of thiophene rings is 1. The molecule has 3 aromatic heterocycles. The Morgan fingerprint density at radius 3 is 1.92 bits per heavy atom. The van der Waals surface area contributed by atoms with E-state index in [1.807, 2.05) is 54.6 Å². The summed E-state index contributed by atoms with van der Waals surface area (Å²) in [5.41, 5.74) is 7.28. The van der Waals surface area contributed by atoms with E-state index in [1.165, 1.54) is 20.2 Å². The molecule has 0 atom stereocenters. The smallest absolute Gasteiger partial charge is 0.227 e. The standard InChI is InChI=1S/C44H26N4OS/c1-3-12-27(13-4-1)31-17-7-8-19-34(31)42-46-41(30-22-24-33-32-18-9-10-21-37(32)50-38(33)26-30)47-43(48-42)35-20-11-16-28-23-25-36-40(39(28)35)49-44(45-36)29-14-5-2-6-15-29/h1-26H. The van der Waals surface area contributed by atoms with Gasteiger partial charge in [-0.3, -0.25) is 0 Å². The van der Waals surface area contributed by atoms with Crippen LogP contribution in [0.5, 0.6) is 0 Å². The van der Waals surface area contributed by atoms with E-state index in [0.29, 0.717) is 28.9 Å². The molecule has 0 amide bonds. The zero-order valence-electron chi connectivity index (χ0n) is 26.6. The van der Waals surface area contributed by atoms with Gasteiger partial charge in [0.05, 0.1) is 0 Å². The molecule has 0 saturated carbocycles. The van der Waals surface area contributed by atoms with Crippen molar-refractivity contribution >= 4 is 53.4 Å². The van der Waals surface area contributed by atoms with Crippen molar-refractivity contribution in [2.45, 2.75) is 0 Å². The van der Waals surface area contributed by atoms with Gasteiger partial charge in [-0.1, -0.05) is 127 Å². The van der Waals surface area contributed by atoms with E-state index < -0.39 is 0 Å². The molecular formula is C44H26N4OS. The lowest BCUT2D eigenvalue weighted by atomic mass is 9.99. The third kappa shape index (κ3) is 4.77. The van der Waals surface area contributed by atoms with Crippen molar-refractivity contribution in [1.29, 1.82) is 0 Å². The Morgan fingerprint density at radius 1 is 0.420 bits per heavy atom. The van der Waals surface area contributed by atoms with Gasteiger partial charge in [0.25, 0.3) is 0 Å². The third-order valence-electron chi connectivity index (χ3n) is 9.18. The summed E-state index contributed by atoms with van der Waals surface area (Å²) >= 11 is 1.78. The van der Waals surface area contributed by atoms with E-state index in [4.69, 9.17) is 24.4 Å². The van der Waals surface area contributed by atoms with Crippen molar-refractivity contribution in [2.75, 3.05) is 0 Å². The highest BCUT2D eigenvalue weighted by Crippen LogP contribution is 2.39. The quantitative estimate of drug-likeness (QED) is 0.184. The SMILES string of the molecule is c1ccc(-c2nc3ccc4cccc(-c5nc(-c6ccc7c(c6)sc6ccccc67)nc(-c6ccccc6-c6ccccc6)n5)c4c3o2)cc1. The Bertz CT molecular complexity index is 2880. The van der Waals surface area contributed by atoms with Gasteiger partial charge in [0, 0.05) is 47.8 Å². The second-order valence-corrected chi connectivity index (χ2v) is 13.3. The lowest BCUT2D eigenvalue weighted by molar-refractivity contribution is 0.623. The molecule has 0 aliphatic carbocycles. The largest absolute Gasteiger partial charge is 0.435 e. The average molecular weight is 659 g/mol. The van der Waals surface area contributed by atoms with E-state index in [2.05, 4.69) is 103 Å². The first kappa shape index (κ1) is 28.5. The topological polar surface area (TPSA) is 64.7 Å². The number of fused-ring (bicyclic) bond motifs is 6. The third-order valence-corrected chi connectivity index (χ3v) is 10.3. The van der Waals surface area contributed by atoms with E-state index in [-0.39, 0.29) is 0 Å². The van der Waals surface area contributed by atoms with Crippen LogP contribution in [-0.4, -0.2) is 19.9 Å². The Hall–Kier alpha value is -6.50. The molecular weight excluding hydrogens is 633 g/mol. The zero-order chi connectivity index (χ0) is 33.0. The second-order valence-electron chi connectivity index (χ2n) is 12.2. The van der Waals surface area contributed by atoms with Crippen molar-refractivity contribution < 1.29 is 4.42 Å². The number of hydrogen-bond acceptors (Lipinski definition) is 6. The Morgan fingerprint density at radius 2 is 1.08 bits per heavy atom. The molecule has 6 heteroatoms.